The number of thiazole rings is 1. The van der Waals surface area contributed by atoms with E-state index in [4.69, 9.17) is 25.4 Å². The lowest BCUT2D eigenvalue weighted by Crippen LogP contribution is -2.64. The van der Waals surface area contributed by atoms with E-state index in [1.165, 1.54) is 51.4 Å². The smallest absolute Gasteiger partial charge is 0.355 e. The van der Waals surface area contributed by atoms with Gasteiger partial charge in [0.05, 0.1) is 22.4 Å². The van der Waals surface area contributed by atoms with Gasteiger partial charge in [-0.25, -0.2) is 14.8 Å². The Balaban J connectivity index is 0.936. The molecular weight excluding hydrogens is 759 g/mol. The molecule has 4 bridgehead atoms. The van der Waals surface area contributed by atoms with Crippen LogP contribution in [0.1, 0.15) is 119 Å². The number of aliphatic imine (C=N–C) groups is 1. The number of rotatable bonds is 12. The second kappa shape index (κ2) is 15.5. The first kappa shape index (κ1) is 40.0. The Labute approximate surface area is 351 Å². The van der Waals surface area contributed by atoms with E-state index in [0.717, 1.165) is 90.3 Å². The quantitative estimate of drug-likeness (QED) is 0.117. The molecule has 5 fully saturated rings. The van der Waals surface area contributed by atoms with Crippen molar-refractivity contribution in [2.75, 3.05) is 49.5 Å². The molecule has 0 amide bonds. The molecule has 2 unspecified atom stereocenters. The number of pyridine rings is 1. The van der Waals surface area contributed by atoms with Crippen molar-refractivity contribution in [1.29, 1.82) is 0 Å². The minimum Gasteiger partial charge on any atom is -0.476 e. The standard InChI is InChI=1S/C46H59N9O3S/c1-30-32-12-11-19-55(40(32)53-52-39(30)51-42-49-35-13-7-8-14-36(35)59-42)37-16-15-33(38(50-37)41(56)57)34(22-47)31(2)48-29-45-24-43(3)23-44(4,25-45)27-46(26-43,28-45)58-21-20-54-17-9-5-6-10-18-54/h7-8,13-16,22H,5-6,9-12,17-21,23-29,47H2,1-4H3,(H,56,57)(H,49,51,52). The molecule has 6 aliphatic rings. The summed E-state index contributed by atoms with van der Waals surface area (Å²) in [7, 11) is 0. The van der Waals surface area contributed by atoms with Crippen LogP contribution >= 0.6 is 11.3 Å². The summed E-state index contributed by atoms with van der Waals surface area (Å²) in [6.45, 7) is 14.5. The number of aromatic nitrogens is 4. The lowest BCUT2D eigenvalue weighted by molar-refractivity contribution is -0.242. The SMILES string of the molecule is CC(=NCC12CC3(C)CC(C)(C1)CC(OCCN1CCCCCC1)(C3)C2)C(=CN)c1ccc(N2CCCc3c2nnc(Nc2nc4ccccc4s2)c3C)nc1C(=O)O. The van der Waals surface area contributed by atoms with Crippen LogP contribution in [0.3, 0.4) is 0 Å². The van der Waals surface area contributed by atoms with Crippen molar-refractivity contribution in [3.63, 3.8) is 0 Å². The molecular formula is C46H59N9O3S. The number of aromatic carboxylic acids is 1. The fourth-order valence-electron chi connectivity index (χ4n) is 12.6. The second-order valence-electron chi connectivity index (χ2n) is 19.2. The van der Waals surface area contributed by atoms with Gasteiger partial charge in [0.1, 0.15) is 5.82 Å². The van der Waals surface area contributed by atoms with Crippen LogP contribution in [0, 0.1) is 23.2 Å². The van der Waals surface area contributed by atoms with Gasteiger partial charge in [-0.1, -0.05) is 50.2 Å². The van der Waals surface area contributed by atoms with Crippen LogP contribution in [0.4, 0.5) is 22.6 Å². The lowest BCUT2D eigenvalue weighted by atomic mass is 9.39. The number of likely N-dealkylation sites (tertiary alicyclic amines) is 1. The van der Waals surface area contributed by atoms with Gasteiger partial charge in [0.2, 0.25) is 0 Å². The Morgan fingerprint density at radius 1 is 0.966 bits per heavy atom. The Bertz CT molecular complexity index is 2260. The van der Waals surface area contributed by atoms with E-state index < -0.39 is 5.97 Å². The van der Waals surface area contributed by atoms with Crippen LogP contribution < -0.4 is 16.0 Å². The molecule has 13 heteroatoms. The summed E-state index contributed by atoms with van der Waals surface area (Å²) in [6, 6.07) is 11.7. The number of benzene rings is 1. The van der Waals surface area contributed by atoms with Crippen LogP contribution in [0.15, 0.2) is 47.6 Å². The zero-order chi connectivity index (χ0) is 41.0. The number of hydrogen-bond donors (Lipinski definition) is 3. The van der Waals surface area contributed by atoms with Gasteiger partial charge in [-0.3, -0.25) is 4.99 Å². The Morgan fingerprint density at radius 3 is 2.46 bits per heavy atom. The van der Waals surface area contributed by atoms with Crippen molar-refractivity contribution in [1.82, 2.24) is 25.1 Å². The number of nitrogens with one attached hydrogen (secondary N) is 1. The van der Waals surface area contributed by atoms with Crippen LogP contribution in [-0.4, -0.2) is 86.8 Å². The van der Waals surface area contributed by atoms with Gasteiger partial charge in [-0.15, -0.1) is 10.2 Å². The largest absolute Gasteiger partial charge is 0.476 e. The monoisotopic (exact) mass is 817 g/mol. The van der Waals surface area contributed by atoms with Gasteiger partial charge in [0, 0.05) is 53.8 Å². The molecule has 1 aromatic carbocycles. The number of carbonyl (C=O) groups is 1. The number of carboxylic acid groups (broad SMARTS) is 1. The number of carboxylic acids is 1. The first-order valence-corrected chi connectivity index (χ1v) is 22.5. The van der Waals surface area contributed by atoms with Crippen molar-refractivity contribution in [2.45, 2.75) is 110 Å². The van der Waals surface area contributed by atoms with E-state index in [1.54, 1.807) is 11.3 Å². The van der Waals surface area contributed by atoms with E-state index in [0.29, 0.717) is 41.7 Å². The number of nitrogens with two attached hydrogens (primary N) is 1. The summed E-state index contributed by atoms with van der Waals surface area (Å²) in [6.07, 6.45) is 15.3. The number of para-hydroxylation sites is 1. The summed E-state index contributed by atoms with van der Waals surface area (Å²) in [5, 5.41) is 24.0. The third kappa shape index (κ3) is 7.86. The highest BCUT2D eigenvalue weighted by molar-refractivity contribution is 7.22. The zero-order valence-electron chi connectivity index (χ0n) is 35.1. The minimum atomic E-state index is -1.12. The summed E-state index contributed by atoms with van der Waals surface area (Å²) < 4.78 is 8.14. The molecule has 1 saturated heterocycles. The molecule has 12 nitrogen and oxygen atoms in total. The van der Waals surface area contributed by atoms with E-state index >= 15 is 0 Å². The molecule has 10 rings (SSSR count). The average molecular weight is 818 g/mol. The van der Waals surface area contributed by atoms with Crippen LogP contribution in [0.25, 0.3) is 15.8 Å². The highest BCUT2D eigenvalue weighted by atomic mass is 32.1. The highest BCUT2D eigenvalue weighted by Crippen LogP contribution is 2.71. The average Bonchev–Trinajstić information content (AvgIpc) is 3.42. The van der Waals surface area contributed by atoms with Crippen LogP contribution in [0.5, 0.6) is 0 Å². The van der Waals surface area contributed by atoms with Gasteiger partial charge in [-0.2, -0.15) is 0 Å². The number of fused-ring (bicyclic) bond motifs is 2. The fraction of sp³-hybridized carbons (Fsp3) is 0.565. The highest BCUT2D eigenvalue weighted by Gasteiger charge is 2.66. The molecule has 312 valence electrons. The molecule has 3 aromatic heterocycles. The van der Waals surface area contributed by atoms with Crippen molar-refractivity contribution >= 4 is 61.4 Å². The molecule has 4 aliphatic carbocycles. The summed E-state index contributed by atoms with van der Waals surface area (Å²) in [4.78, 5) is 32.3. The number of nitrogens with zero attached hydrogens (tertiary/aromatic N) is 7. The van der Waals surface area contributed by atoms with Gasteiger partial charge >= 0.3 is 5.97 Å². The molecule has 59 heavy (non-hydrogen) atoms. The molecule has 2 atom stereocenters. The summed E-state index contributed by atoms with van der Waals surface area (Å²) in [5.74, 6) is 0.739. The third-order valence-electron chi connectivity index (χ3n) is 13.9. The van der Waals surface area contributed by atoms with Crippen LogP contribution in [0.2, 0.25) is 0 Å². The number of allylic oxidation sites excluding steroid dienone is 1. The van der Waals surface area contributed by atoms with Crippen molar-refractivity contribution in [2.24, 2.45) is 27.0 Å². The Kier molecular flexibility index (Phi) is 10.5. The predicted octanol–water partition coefficient (Wildman–Crippen LogP) is 9.09. The maximum Gasteiger partial charge on any atom is 0.355 e. The van der Waals surface area contributed by atoms with Crippen molar-refractivity contribution < 1.29 is 14.6 Å². The first-order chi connectivity index (χ1) is 28.4. The molecule has 4 N–H and O–H groups in total. The Hall–Kier alpha value is -4.46. The van der Waals surface area contributed by atoms with Crippen LogP contribution in [-0.2, 0) is 11.2 Å². The zero-order valence-corrected chi connectivity index (χ0v) is 36.0. The molecule has 2 aliphatic heterocycles. The van der Waals surface area contributed by atoms with E-state index in [1.807, 2.05) is 49.1 Å². The van der Waals surface area contributed by atoms with E-state index in [2.05, 4.69) is 40.3 Å². The normalized spacial score (nSPS) is 28.5. The molecule has 0 radical (unpaired) electrons. The predicted molar refractivity (Wildman–Crippen MR) is 236 cm³/mol. The summed E-state index contributed by atoms with van der Waals surface area (Å²) in [5.41, 5.74) is 11.4. The molecule has 4 aromatic rings. The van der Waals surface area contributed by atoms with E-state index in [9.17, 15) is 9.90 Å². The number of hydrogen-bond acceptors (Lipinski definition) is 12. The van der Waals surface area contributed by atoms with Crippen molar-refractivity contribution in [3.05, 3.63) is 65.0 Å². The second-order valence-corrected chi connectivity index (χ2v) is 20.2. The lowest BCUT2D eigenvalue weighted by Gasteiger charge is -2.69. The number of ether oxygens (including phenoxy) is 1. The maximum atomic E-state index is 12.9. The van der Waals surface area contributed by atoms with Gasteiger partial charge in [0.25, 0.3) is 0 Å². The third-order valence-corrected chi connectivity index (χ3v) is 14.9. The Morgan fingerprint density at radius 2 is 1.73 bits per heavy atom. The molecule has 4 saturated carbocycles. The maximum absolute atomic E-state index is 12.9. The summed E-state index contributed by atoms with van der Waals surface area (Å²) >= 11 is 1.57. The van der Waals surface area contributed by atoms with Gasteiger partial charge in [0.15, 0.2) is 22.5 Å². The van der Waals surface area contributed by atoms with Crippen molar-refractivity contribution in [3.8, 4) is 0 Å². The van der Waals surface area contributed by atoms with Gasteiger partial charge in [-0.05, 0) is 132 Å². The molecule has 0 spiro atoms. The minimum absolute atomic E-state index is 0.0319. The fourth-order valence-corrected chi connectivity index (χ4v) is 13.5. The number of anilines is 4. The topological polar surface area (TPSA) is 155 Å². The van der Waals surface area contributed by atoms with E-state index in [-0.39, 0.29) is 27.5 Å². The molecule has 5 heterocycles. The van der Waals surface area contributed by atoms with Gasteiger partial charge < -0.3 is 30.7 Å². The first-order valence-electron chi connectivity index (χ1n) is 21.7.